The SMILES string of the molecule is CCCNc1cc(N(CC)CC(C)C)cc([N+](=O)[O-])c1. The molecule has 0 atom stereocenters. The highest BCUT2D eigenvalue weighted by atomic mass is 16.6. The molecule has 0 spiro atoms. The monoisotopic (exact) mass is 279 g/mol. The lowest BCUT2D eigenvalue weighted by Gasteiger charge is -2.25. The third kappa shape index (κ3) is 4.72. The van der Waals surface area contributed by atoms with Crippen LogP contribution < -0.4 is 10.2 Å². The Morgan fingerprint density at radius 3 is 2.50 bits per heavy atom. The molecule has 1 rings (SSSR count). The molecule has 1 aromatic carbocycles. The smallest absolute Gasteiger partial charge is 0.273 e. The van der Waals surface area contributed by atoms with Crippen molar-refractivity contribution in [2.45, 2.75) is 34.1 Å². The summed E-state index contributed by atoms with van der Waals surface area (Å²) in [6, 6.07) is 5.25. The molecule has 0 heterocycles. The lowest BCUT2D eigenvalue weighted by Crippen LogP contribution is -2.27. The topological polar surface area (TPSA) is 58.4 Å². The Labute approximate surface area is 121 Å². The van der Waals surface area contributed by atoms with Crippen molar-refractivity contribution in [3.8, 4) is 0 Å². The third-order valence-corrected chi connectivity index (χ3v) is 3.02. The van der Waals surface area contributed by atoms with Crippen LogP contribution in [0.3, 0.4) is 0 Å². The summed E-state index contributed by atoms with van der Waals surface area (Å²) in [5.74, 6) is 0.515. The number of nitro benzene ring substituents is 1. The zero-order valence-electron chi connectivity index (χ0n) is 12.8. The van der Waals surface area contributed by atoms with Crippen LogP contribution in [0.25, 0.3) is 0 Å². The van der Waals surface area contributed by atoms with Crippen molar-refractivity contribution in [1.82, 2.24) is 0 Å². The molecule has 0 aliphatic carbocycles. The van der Waals surface area contributed by atoms with Gasteiger partial charge in [0.1, 0.15) is 0 Å². The van der Waals surface area contributed by atoms with Gasteiger partial charge in [0, 0.05) is 43.1 Å². The lowest BCUT2D eigenvalue weighted by atomic mass is 10.1. The van der Waals surface area contributed by atoms with E-state index in [1.54, 1.807) is 12.1 Å². The standard InChI is InChI=1S/C15H25N3O2/c1-5-7-16-13-8-14(10-15(9-13)18(19)20)17(6-2)11-12(3)4/h8-10,12,16H,5-7,11H2,1-4H3. The van der Waals surface area contributed by atoms with Gasteiger partial charge in [-0.1, -0.05) is 20.8 Å². The van der Waals surface area contributed by atoms with E-state index in [2.05, 4.69) is 37.9 Å². The van der Waals surface area contributed by atoms with Crippen LogP contribution in [-0.2, 0) is 0 Å². The van der Waals surface area contributed by atoms with E-state index in [0.29, 0.717) is 5.92 Å². The fourth-order valence-electron chi connectivity index (χ4n) is 2.11. The summed E-state index contributed by atoms with van der Waals surface area (Å²) >= 11 is 0. The Bertz CT molecular complexity index is 447. The molecule has 0 aliphatic rings. The van der Waals surface area contributed by atoms with E-state index < -0.39 is 0 Å². The molecular weight excluding hydrogens is 254 g/mol. The first-order valence-corrected chi connectivity index (χ1v) is 7.26. The largest absolute Gasteiger partial charge is 0.385 e. The number of nitrogens with one attached hydrogen (secondary N) is 1. The first kappa shape index (κ1) is 16.3. The summed E-state index contributed by atoms with van der Waals surface area (Å²) < 4.78 is 0. The Kier molecular flexibility index (Phi) is 6.28. The predicted octanol–water partition coefficient (Wildman–Crippen LogP) is 3.90. The van der Waals surface area contributed by atoms with Gasteiger partial charge in [0.15, 0.2) is 0 Å². The summed E-state index contributed by atoms with van der Waals surface area (Å²) in [5, 5.41) is 14.3. The van der Waals surface area contributed by atoms with Crippen LogP contribution in [0.5, 0.6) is 0 Å². The number of hydrogen-bond acceptors (Lipinski definition) is 4. The maximum atomic E-state index is 11.1. The molecule has 0 fully saturated rings. The molecule has 0 unspecified atom stereocenters. The highest BCUT2D eigenvalue weighted by Crippen LogP contribution is 2.27. The molecule has 0 saturated carbocycles. The van der Waals surface area contributed by atoms with Crippen LogP contribution in [0, 0.1) is 16.0 Å². The van der Waals surface area contributed by atoms with Gasteiger partial charge in [-0.05, 0) is 25.3 Å². The molecule has 0 amide bonds. The zero-order chi connectivity index (χ0) is 15.1. The molecule has 1 aromatic rings. The lowest BCUT2D eigenvalue weighted by molar-refractivity contribution is -0.384. The summed E-state index contributed by atoms with van der Waals surface area (Å²) in [6.45, 7) is 11.0. The second kappa shape index (κ2) is 7.72. The van der Waals surface area contributed by atoms with Crippen molar-refractivity contribution >= 4 is 17.1 Å². The Balaban J connectivity index is 3.08. The van der Waals surface area contributed by atoms with Crippen LogP contribution in [0.15, 0.2) is 18.2 Å². The van der Waals surface area contributed by atoms with Gasteiger partial charge in [-0.15, -0.1) is 0 Å². The minimum Gasteiger partial charge on any atom is -0.385 e. The van der Waals surface area contributed by atoms with Crippen LogP contribution in [0.1, 0.15) is 34.1 Å². The number of benzene rings is 1. The second-order valence-electron chi connectivity index (χ2n) is 5.35. The van der Waals surface area contributed by atoms with Crippen LogP contribution >= 0.6 is 0 Å². The van der Waals surface area contributed by atoms with E-state index >= 15 is 0 Å². The number of anilines is 2. The summed E-state index contributed by atoms with van der Waals surface area (Å²) in [7, 11) is 0. The van der Waals surface area contributed by atoms with E-state index in [1.807, 2.05) is 6.07 Å². The van der Waals surface area contributed by atoms with Gasteiger partial charge in [0.25, 0.3) is 5.69 Å². The average molecular weight is 279 g/mol. The van der Waals surface area contributed by atoms with Crippen molar-refractivity contribution < 1.29 is 4.92 Å². The van der Waals surface area contributed by atoms with Crippen molar-refractivity contribution in [2.75, 3.05) is 29.9 Å². The van der Waals surface area contributed by atoms with Gasteiger partial charge < -0.3 is 10.2 Å². The van der Waals surface area contributed by atoms with Crippen molar-refractivity contribution in [3.63, 3.8) is 0 Å². The maximum Gasteiger partial charge on any atom is 0.273 e. The van der Waals surface area contributed by atoms with Crippen molar-refractivity contribution in [1.29, 1.82) is 0 Å². The summed E-state index contributed by atoms with van der Waals surface area (Å²) in [4.78, 5) is 12.9. The van der Waals surface area contributed by atoms with E-state index in [9.17, 15) is 10.1 Å². The van der Waals surface area contributed by atoms with E-state index in [1.165, 1.54) is 0 Å². The minimum atomic E-state index is -0.330. The molecule has 1 N–H and O–H groups in total. The number of rotatable bonds is 8. The highest BCUT2D eigenvalue weighted by molar-refractivity contribution is 5.64. The molecule has 5 nitrogen and oxygen atoms in total. The number of nitrogens with zero attached hydrogens (tertiary/aromatic N) is 2. The highest BCUT2D eigenvalue weighted by Gasteiger charge is 2.14. The van der Waals surface area contributed by atoms with Crippen molar-refractivity contribution in [2.24, 2.45) is 5.92 Å². The van der Waals surface area contributed by atoms with Gasteiger partial charge in [0.05, 0.1) is 4.92 Å². The molecule has 112 valence electrons. The Hall–Kier alpha value is -1.78. The third-order valence-electron chi connectivity index (χ3n) is 3.02. The molecule has 0 saturated heterocycles. The Morgan fingerprint density at radius 1 is 1.30 bits per heavy atom. The van der Waals surface area contributed by atoms with Crippen LogP contribution in [0.4, 0.5) is 17.1 Å². The summed E-state index contributed by atoms with van der Waals surface area (Å²) in [6.07, 6.45) is 0.988. The molecule has 0 radical (unpaired) electrons. The molecule has 0 aromatic heterocycles. The Morgan fingerprint density at radius 2 is 2.00 bits per heavy atom. The first-order chi connectivity index (χ1) is 9.47. The molecule has 0 aliphatic heterocycles. The second-order valence-corrected chi connectivity index (χ2v) is 5.35. The van der Waals surface area contributed by atoms with Crippen molar-refractivity contribution in [3.05, 3.63) is 28.3 Å². The van der Waals surface area contributed by atoms with Gasteiger partial charge >= 0.3 is 0 Å². The van der Waals surface area contributed by atoms with Crippen LogP contribution in [-0.4, -0.2) is 24.6 Å². The maximum absolute atomic E-state index is 11.1. The zero-order valence-corrected chi connectivity index (χ0v) is 12.8. The summed E-state index contributed by atoms with van der Waals surface area (Å²) in [5.41, 5.74) is 1.87. The van der Waals surface area contributed by atoms with E-state index in [-0.39, 0.29) is 10.6 Å². The van der Waals surface area contributed by atoms with Crippen LogP contribution in [0.2, 0.25) is 0 Å². The van der Waals surface area contributed by atoms with Gasteiger partial charge in [-0.2, -0.15) is 0 Å². The fourth-order valence-corrected chi connectivity index (χ4v) is 2.11. The molecule has 0 bridgehead atoms. The van der Waals surface area contributed by atoms with Gasteiger partial charge in [-0.25, -0.2) is 0 Å². The minimum absolute atomic E-state index is 0.142. The molecule has 5 heteroatoms. The van der Waals surface area contributed by atoms with Gasteiger partial charge in [-0.3, -0.25) is 10.1 Å². The average Bonchev–Trinajstić information content (AvgIpc) is 2.41. The first-order valence-electron chi connectivity index (χ1n) is 7.26. The number of nitro groups is 1. The van der Waals surface area contributed by atoms with E-state index in [0.717, 1.165) is 37.4 Å². The van der Waals surface area contributed by atoms with Gasteiger partial charge in [0.2, 0.25) is 0 Å². The normalized spacial score (nSPS) is 10.7. The molecule has 20 heavy (non-hydrogen) atoms. The quantitative estimate of drug-likeness (QED) is 0.579. The molecular formula is C15H25N3O2. The fraction of sp³-hybridized carbons (Fsp3) is 0.600. The number of hydrogen-bond donors (Lipinski definition) is 1. The van der Waals surface area contributed by atoms with E-state index in [4.69, 9.17) is 0 Å². The number of non-ortho nitro benzene ring substituents is 1. The predicted molar refractivity (Wildman–Crippen MR) is 84.6 cm³/mol.